The Kier molecular flexibility index (Phi) is 4.91. The first kappa shape index (κ1) is 16.7. The molecule has 23 heavy (non-hydrogen) atoms. The normalized spacial score (nSPS) is 23.2. The van der Waals surface area contributed by atoms with Crippen molar-refractivity contribution in [3.8, 4) is 5.75 Å². The number of benzene rings is 1. The van der Waals surface area contributed by atoms with Crippen LogP contribution in [0.15, 0.2) is 24.3 Å². The number of nitrogens with zero attached hydrogens (tertiary/aromatic N) is 3. The van der Waals surface area contributed by atoms with Crippen LogP contribution in [0, 0.1) is 0 Å². The Morgan fingerprint density at radius 2 is 2.13 bits per heavy atom. The van der Waals surface area contributed by atoms with Crippen molar-refractivity contribution in [1.29, 1.82) is 0 Å². The zero-order chi connectivity index (χ0) is 16.4. The Hall–Kier alpha value is -1.15. The number of rotatable bonds is 5. The van der Waals surface area contributed by atoms with Gasteiger partial charge in [-0.15, -0.1) is 0 Å². The molecule has 0 saturated carbocycles. The summed E-state index contributed by atoms with van der Waals surface area (Å²) in [6.45, 7) is 3.51. The van der Waals surface area contributed by atoms with E-state index in [-0.39, 0.29) is 0 Å². The highest BCUT2D eigenvalue weighted by Gasteiger charge is 2.37. The van der Waals surface area contributed by atoms with Gasteiger partial charge >= 0.3 is 0 Å². The van der Waals surface area contributed by atoms with Gasteiger partial charge in [-0.25, -0.2) is 0 Å². The van der Waals surface area contributed by atoms with Gasteiger partial charge in [-0.3, -0.25) is 4.90 Å². The van der Waals surface area contributed by atoms with Crippen LogP contribution < -0.4 is 4.74 Å². The Morgan fingerprint density at radius 3 is 2.91 bits per heavy atom. The minimum Gasteiger partial charge on any atom is -0.497 e. The van der Waals surface area contributed by atoms with Crippen LogP contribution in [0.2, 0.25) is 0 Å². The number of hydrogen-bond donors (Lipinski definition) is 0. The zero-order valence-corrected chi connectivity index (χ0v) is 14.6. The van der Waals surface area contributed by atoms with Crippen molar-refractivity contribution in [3.63, 3.8) is 0 Å². The first-order valence-corrected chi connectivity index (χ1v) is 9.49. The fraction of sp³-hybridized carbons (Fsp3) is 0.625. The van der Waals surface area contributed by atoms with Crippen molar-refractivity contribution in [2.45, 2.75) is 25.4 Å². The molecule has 2 aliphatic rings. The van der Waals surface area contributed by atoms with Gasteiger partial charge in [0, 0.05) is 39.3 Å². The summed E-state index contributed by atoms with van der Waals surface area (Å²) >= 11 is 0. The van der Waals surface area contributed by atoms with Gasteiger partial charge in [0.1, 0.15) is 5.75 Å². The third-order valence-electron chi connectivity index (χ3n) is 4.81. The lowest BCUT2D eigenvalue weighted by Crippen LogP contribution is -2.54. The first-order chi connectivity index (χ1) is 11.0. The van der Waals surface area contributed by atoms with Crippen LogP contribution in [0.25, 0.3) is 0 Å². The van der Waals surface area contributed by atoms with Gasteiger partial charge in [0.15, 0.2) is 0 Å². The SMILES string of the molecule is COc1cccc(CN(C)S(=O)(=O)N2CCN3CCCC3C2)c1. The number of hydrogen-bond acceptors (Lipinski definition) is 4. The summed E-state index contributed by atoms with van der Waals surface area (Å²) in [5, 5.41) is 0. The maximum atomic E-state index is 12.8. The molecule has 0 aromatic heterocycles. The van der Waals surface area contributed by atoms with E-state index < -0.39 is 10.2 Å². The molecule has 0 bridgehead atoms. The summed E-state index contributed by atoms with van der Waals surface area (Å²) in [7, 11) is -0.159. The van der Waals surface area contributed by atoms with Crippen LogP contribution >= 0.6 is 0 Å². The van der Waals surface area contributed by atoms with E-state index in [0.717, 1.165) is 30.8 Å². The van der Waals surface area contributed by atoms with Crippen molar-refractivity contribution >= 4 is 10.2 Å². The van der Waals surface area contributed by atoms with E-state index in [1.165, 1.54) is 10.7 Å². The molecule has 0 amide bonds. The van der Waals surface area contributed by atoms with E-state index in [4.69, 9.17) is 4.74 Å². The predicted octanol–water partition coefficient (Wildman–Crippen LogP) is 1.15. The summed E-state index contributed by atoms with van der Waals surface area (Å²) in [5.41, 5.74) is 0.926. The number of methoxy groups -OCH3 is 1. The highest BCUT2D eigenvalue weighted by atomic mass is 32.2. The number of piperazine rings is 1. The minimum absolute atomic E-state index is 0.352. The van der Waals surface area contributed by atoms with E-state index in [0.29, 0.717) is 25.7 Å². The van der Waals surface area contributed by atoms with E-state index >= 15 is 0 Å². The second kappa shape index (κ2) is 6.76. The van der Waals surface area contributed by atoms with Gasteiger partial charge in [-0.1, -0.05) is 12.1 Å². The van der Waals surface area contributed by atoms with Crippen molar-refractivity contribution in [2.75, 3.05) is 40.3 Å². The van der Waals surface area contributed by atoms with Gasteiger partial charge < -0.3 is 4.74 Å². The van der Waals surface area contributed by atoms with E-state index in [1.54, 1.807) is 18.5 Å². The lowest BCUT2D eigenvalue weighted by Gasteiger charge is -2.38. The summed E-state index contributed by atoms with van der Waals surface area (Å²) in [6, 6.07) is 7.93. The Bertz CT molecular complexity index is 650. The maximum absolute atomic E-state index is 12.8. The summed E-state index contributed by atoms with van der Waals surface area (Å²) < 4.78 is 33.9. The maximum Gasteiger partial charge on any atom is 0.282 e. The zero-order valence-electron chi connectivity index (χ0n) is 13.8. The van der Waals surface area contributed by atoms with Crippen molar-refractivity contribution in [2.24, 2.45) is 0 Å². The van der Waals surface area contributed by atoms with Crippen molar-refractivity contribution in [1.82, 2.24) is 13.5 Å². The molecule has 0 spiro atoms. The summed E-state index contributed by atoms with van der Waals surface area (Å²) in [6.07, 6.45) is 2.28. The molecule has 7 heteroatoms. The van der Waals surface area contributed by atoms with Crippen LogP contribution in [-0.2, 0) is 16.8 Å². The predicted molar refractivity (Wildman–Crippen MR) is 89.5 cm³/mol. The molecule has 1 unspecified atom stereocenters. The smallest absolute Gasteiger partial charge is 0.282 e. The molecule has 3 rings (SSSR count). The Balaban J connectivity index is 1.68. The highest BCUT2D eigenvalue weighted by molar-refractivity contribution is 7.86. The molecule has 1 atom stereocenters. The van der Waals surface area contributed by atoms with E-state index in [2.05, 4.69) is 4.90 Å². The van der Waals surface area contributed by atoms with E-state index in [1.807, 2.05) is 24.3 Å². The molecule has 128 valence electrons. The van der Waals surface area contributed by atoms with Crippen LogP contribution in [0.3, 0.4) is 0 Å². The first-order valence-electron chi connectivity index (χ1n) is 8.09. The Morgan fingerprint density at radius 1 is 1.30 bits per heavy atom. The molecule has 1 aromatic carbocycles. The monoisotopic (exact) mass is 339 g/mol. The molecular weight excluding hydrogens is 314 g/mol. The lowest BCUT2D eigenvalue weighted by atomic mass is 10.2. The van der Waals surface area contributed by atoms with Gasteiger partial charge in [0.2, 0.25) is 0 Å². The lowest BCUT2D eigenvalue weighted by molar-refractivity contribution is 0.153. The average molecular weight is 339 g/mol. The fourth-order valence-electron chi connectivity index (χ4n) is 3.48. The van der Waals surface area contributed by atoms with Gasteiger partial charge in [0.05, 0.1) is 7.11 Å². The van der Waals surface area contributed by atoms with Crippen LogP contribution in [-0.4, -0.2) is 68.3 Å². The summed E-state index contributed by atoms with van der Waals surface area (Å²) in [4.78, 5) is 2.41. The number of ether oxygens (including phenoxy) is 1. The van der Waals surface area contributed by atoms with Crippen LogP contribution in [0.4, 0.5) is 0 Å². The summed E-state index contributed by atoms with van der Waals surface area (Å²) in [5.74, 6) is 0.743. The third kappa shape index (κ3) is 3.52. The fourth-order valence-corrected chi connectivity index (χ4v) is 4.86. The highest BCUT2D eigenvalue weighted by Crippen LogP contribution is 2.24. The topological polar surface area (TPSA) is 53.1 Å². The van der Waals surface area contributed by atoms with Crippen molar-refractivity contribution < 1.29 is 13.2 Å². The minimum atomic E-state index is -3.42. The third-order valence-corrected chi connectivity index (χ3v) is 6.71. The second-order valence-electron chi connectivity index (χ2n) is 6.31. The van der Waals surface area contributed by atoms with Gasteiger partial charge in [0.25, 0.3) is 10.2 Å². The molecule has 2 heterocycles. The van der Waals surface area contributed by atoms with Crippen LogP contribution in [0.5, 0.6) is 5.75 Å². The number of fused-ring (bicyclic) bond motifs is 1. The molecule has 2 saturated heterocycles. The molecule has 0 radical (unpaired) electrons. The van der Waals surface area contributed by atoms with Crippen LogP contribution in [0.1, 0.15) is 18.4 Å². The van der Waals surface area contributed by atoms with Gasteiger partial charge in [-0.2, -0.15) is 17.0 Å². The van der Waals surface area contributed by atoms with E-state index in [9.17, 15) is 8.42 Å². The molecule has 1 aromatic rings. The molecule has 0 N–H and O–H groups in total. The molecule has 2 aliphatic heterocycles. The van der Waals surface area contributed by atoms with Gasteiger partial charge in [-0.05, 0) is 37.1 Å². The molecule has 6 nitrogen and oxygen atoms in total. The quantitative estimate of drug-likeness (QED) is 0.808. The van der Waals surface area contributed by atoms with Crippen molar-refractivity contribution in [3.05, 3.63) is 29.8 Å². The molecular formula is C16H25N3O3S. The second-order valence-corrected chi connectivity index (χ2v) is 8.34. The largest absolute Gasteiger partial charge is 0.497 e. The molecule has 0 aliphatic carbocycles. The average Bonchev–Trinajstić information content (AvgIpc) is 3.02. The standard InChI is InChI=1S/C16H25N3O3S/c1-17(12-14-5-3-7-16(11-14)22-2)23(20,21)19-10-9-18-8-4-6-15(18)13-19/h3,5,7,11,15H,4,6,8-10,12-13H2,1-2H3. The Labute approximate surface area is 138 Å². The molecule has 2 fully saturated rings.